The molecule has 5 nitrogen and oxygen atoms in total. The van der Waals surface area contributed by atoms with Gasteiger partial charge in [-0.15, -0.1) is 0 Å². The molecule has 5 heteroatoms. The molecule has 0 saturated heterocycles. The van der Waals surface area contributed by atoms with Gasteiger partial charge < -0.3 is 5.32 Å². The molecule has 1 fully saturated rings. The molecule has 0 atom stereocenters. The third-order valence-electron chi connectivity index (χ3n) is 3.85. The summed E-state index contributed by atoms with van der Waals surface area (Å²) in [5, 5.41) is 10.4. The lowest BCUT2D eigenvalue weighted by atomic mass is 9.95. The standard InChI is InChI=1S/C15H17N3O2/c19-14-12-9-5-4-8-11(12)13(17-18-14)15(20)16-10-6-2-1-3-7-10/h4-5,8-10H,1-3,6-7H2,(H,16,20)(H,18,19). The van der Waals surface area contributed by atoms with Gasteiger partial charge in [0.25, 0.3) is 11.5 Å². The number of carbonyl (C=O) groups excluding carboxylic acids is 1. The highest BCUT2D eigenvalue weighted by Crippen LogP contribution is 2.18. The van der Waals surface area contributed by atoms with Crippen molar-refractivity contribution in [2.45, 2.75) is 38.1 Å². The van der Waals surface area contributed by atoms with Gasteiger partial charge in [0.2, 0.25) is 0 Å². The second-order valence-corrected chi connectivity index (χ2v) is 5.26. The first-order chi connectivity index (χ1) is 9.75. The monoisotopic (exact) mass is 271 g/mol. The highest BCUT2D eigenvalue weighted by molar-refractivity contribution is 6.04. The Morgan fingerprint density at radius 1 is 1.15 bits per heavy atom. The first-order valence-electron chi connectivity index (χ1n) is 7.04. The van der Waals surface area contributed by atoms with Crippen LogP contribution in [-0.4, -0.2) is 22.1 Å². The lowest BCUT2D eigenvalue weighted by Crippen LogP contribution is -2.37. The van der Waals surface area contributed by atoms with Crippen LogP contribution in [0.25, 0.3) is 10.8 Å². The summed E-state index contributed by atoms with van der Waals surface area (Å²) < 4.78 is 0. The maximum Gasteiger partial charge on any atom is 0.272 e. The van der Waals surface area contributed by atoms with Crippen molar-refractivity contribution in [2.24, 2.45) is 0 Å². The summed E-state index contributed by atoms with van der Waals surface area (Å²) in [5.41, 5.74) is 0.0283. The maximum atomic E-state index is 12.3. The first-order valence-corrected chi connectivity index (χ1v) is 7.04. The average molecular weight is 271 g/mol. The predicted molar refractivity (Wildman–Crippen MR) is 76.7 cm³/mol. The van der Waals surface area contributed by atoms with Crippen LogP contribution < -0.4 is 10.9 Å². The summed E-state index contributed by atoms with van der Waals surface area (Å²) in [6.07, 6.45) is 5.60. The van der Waals surface area contributed by atoms with Crippen LogP contribution in [0.3, 0.4) is 0 Å². The summed E-state index contributed by atoms with van der Waals surface area (Å²) in [7, 11) is 0. The molecule has 1 saturated carbocycles. The first kappa shape index (κ1) is 12.8. The van der Waals surface area contributed by atoms with E-state index in [9.17, 15) is 9.59 Å². The molecule has 0 unspecified atom stereocenters. The van der Waals surface area contributed by atoms with Crippen LogP contribution in [0.15, 0.2) is 29.1 Å². The quantitative estimate of drug-likeness (QED) is 0.877. The van der Waals surface area contributed by atoms with E-state index >= 15 is 0 Å². The molecule has 1 aromatic heterocycles. The van der Waals surface area contributed by atoms with Gasteiger partial charge >= 0.3 is 0 Å². The van der Waals surface area contributed by atoms with Crippen LogP contribution in [-0.2, 0) is 0 Å². The molecule has 1 amide bonds. The van der Waals surface area contributed by atoms with Crippen molar-refractivity contribution < 1.29 is 4.79 Å². The second kappa shape index (κ2) is 5.45. The van der Waals surface area contributed by atoms with Crippen LogP contribution in [0.5, 0.6) is 0 Å². The largest absolute Gasteiger partial charge is 0.348 e. The molecule has 20 heavy (non-hydrogen) atoms. The Labute approximate surface area is 116 Å². The molecule has 1 heterocycles. The molecule has 2 N–H and O–H groups in total. The molecular formula is C15H17N3O2. The van der Waals surface area contributed by atoms with E-state index in [4.69, 9.17) is 0 Å². The van der Waals surface area contributed by atoms with Crippen molar-refractivity contribution in [3.8, 4) is 0 Å². The zero-order chi connectivity index (χ0) is 13.9. The van der Waals surface area contributed by atoms with E-state index in [2.05, 4.69) is 15.5 Å². The van der Waals surface area contributed by atoms with Crippen LogP contribution in [0, 0.1) is 0 Å². The third kappa shape index (κ3) is 2.43. The van der Waals surface area contributed by atoms with Gasteiger partial charge in [-0.3, -0.25) is 9.59 Å². The van der Waals surface area contributed by atoms with Crippen LogP contribution >= 0.6 is 0 Å². The zero-order valence-electron chi connectivity index (χ0n) is 11.2. The maximum absolute atomic E-state index is 12.3. The van der Waals surface area contributed by atoms with Crippen LogP contribution in [0.2, 0.25) is 0 Å². The Bertz CT molecular complexity index is 687. The summed E-state index contributed by atoms with van der Waals surface area (Å²) in [4.78, 5) is 24.0. The number of fused-ring (bicyclic) bond motifs is 1. The van der Waals surface area contributed by atoms with Crippen LogP contribution in [0.1, 0.15) is 42.6 Å². The van der Waals surface area contributed by atoms with Crippen LogP contribution in [0.4, 0.5) is 0 Å². The molecule has 0 spiro atoms. The number of aromatic nitrogens is 2. The van der Waals surface area contributed by atoms with E-state index in [1.54, 1.807) is 24.3 Å². The van der Waals surface area contributed by atoms with E-state index < -0.39 is 0 Å². The molecule has 0 aliphatic heterocycles. The summed E-state index contributed by atoms with van der Waals surface area (Å²) in [6, 6.07) is 7.27. The number of nitrogens with one attached hydrogen (secondary N) is 2. The smallest absolute Gasteiger partial charge is 0.272 e. The van der Waals surface area contributed by atoms with E-state index in [0.29, 0.717) is 16.5 Å². The van der Waals surface area contributed by atoms with Gasteiger partial charge in [-0.2, -0.15) is 5.10 Å². The lowest BCUT2D eigenvalue weighted by molar-refractivity contribution is 0.0923. The fourth-order valence-electron chi connectivity index (χ4n) is 2.79. The van der Waals surface area contributed by atoms with Gasteiger partial charge in [0.15, 0.2) is 5.69 Å². The molecule has 1 aliphatic carbocycles. The molecule has 104 valence electrons. The molecular weight excluding hydrogens is 254 g/mol. The Morgan fingerprint density at radius 2 is 1.85 bits per heavy atom. The topological polar surface area (TPSA) is 74.8 Å². The van der Waals surface area contributed by atoms with Gasteiger partial charge in [0.1, 0.15) is 0 Å². The average Bonchev–Trinajstić information content (AvgIpc) is 2.49. The van der Waals surface area contributed by atoms with E-state index in [1.165, 1.54) is 6.42 Å². The molecule has 0 radical (unpaired) electrons. The van der Waals surface area contributed by atoms with E-state index in [1.807, 2.05) is 0 Å². The zero-order valence-corrected chi connectivity index (χ0v) is 11.2. The Kier molecular flexibility index (Phi) is 3.50. The number of nitrogens with zero attached hydrogens (tertiary/aromatic N) is 1. The fraction of sp³-hybridized carbons (Fsp3) is 0.400. The molecule has 3 rings (SSSR count). The highest BCUT2D eigenvalue weighted by atomic mass is 16.2. The molecule has 1 aliphatic rings. The normalized spacial score (nSPS) is 16.2. The minimum atomic E-state index is -0.269. The van der Waals surface area contributed by atoms with Crippen molar-refractivity contribution in [3.05, 3.63) is 40.3 Å². The summed E-state index contributed by atoms with van der Waals surface area (Å²) in [6.45, 7) is 0. The van der Waals surface area contributed by atoms with Crippen molar-refractivity contribution in [1.29, 1.82) is 0 Å². The Morgan fingerprint density at radius 3 is 2.60 bits per heavy atom. The van der Waals surface area contributed by atoms with Crippen molar-refractivity contribution >= 4 is 16.7 Å². The number of hydrogen-bond donors (Lipinski definition) is 2. The number of H-pyrrole nitrogens is 1. The van der Waals surface area contributed by atoms with Gasteiger partial charge in [0, 0.05) is 11.4 Å². The van der Waals surface area contributed by atoms with E-state index in [-0.39, 0.29) is 17.5 Å². The number of rotatable bonds is 2. The fourth-order valence-corrected chi connectivity index (χ4v) is 2.79. The van der Waals surface area contributed by atoms with Crippen molar-refractivity contribution in [2.75, 3.05) is 0 Å². The van der Waals surface area contributed by atoms with Gasteiger partial charge in [-0.05, 0) is 18.9 Å². The third-order valence-corrected chi connectivity index (χ3v) is 3.85. The molecule has 1 aromatic carbocycles. The summed E-state index contributed by atoms with van der Waals surface area (Å²) in [5.74, 6) is -0.204. The van der Waals surface area contributed by atoms with E-state index in [0.717, 1.165) is 25.7 Å². The predicted octanol–water partition coefficient (Wildman–Crippen LogP) is 1.99. The second-order valence-electron chi connectivity index (χ2n) is 5.26. The number of carbonyl (C=O) groups is 1. The minimum absolute atomic E-state index is 0.204. The molecule has 0 bridgehead atoms. The highest BCUT2D eigenvalue weighted by Gasteiger charge is 2.19. The number of amides is 1. The molecule has 2 aromatic rings. The SMILES string of the molecule is O=C(NC1CCCCC1)c1n[nH]c(=O)c2ccccc12. The number of aromatic amines is 1. The minimum Gasteiger partial charge on any atom is -0.348 e. The van der Waals surface area contributed by atoms with Crippen molar-refractivity contribution in [3.63, 3.8) is 0 Å². The van der Waals surface area contributed by atoms with Gasteiger partial charge in [-0.25, -0.2) is 5.10 Å². The number of hydrogen-bond acceptors (Lipinski definition) is 3. The van der Waals surface area contributed by atoms with Gasteiger partial charge in [-0.1, -0.05) is 37.5 Å². The number of benzene rings is 1. The summed E-state index contributed by atoms with van der Waals surface area (Å²) >= 11 is 0. The Balaban J connectivity index is 1.91. The van der Waals surface area contributed by atoms with Gasteiger partial charge in [0.05, 0.1) is 5.39 Å². The lowest BCUT2D eigenvalue weighted by Gasteiger charge is -2.22. The Hall–Kier alpha value is -2.17. The van der Waals surface area contributed by atoms with Crippen molar-refractivity contribution in [1.82, 2.24) is 15.5 Å².